The second kappa shape index (κ2) is 6.94. The number of nitrogens with zero attached hydrogens (tertiary/aromatic N) is 2. The zero-order valence-corrected chi connectivity index (χ0v) is 12.3. The predicted octanol–water partition coefficient (Wildman–Crippen LogP) is 2.24. The van der Waals surface area contributed by atoms with Gasteiger partial charge in [0.25, 0.3) is 0 Å². The van der Waals surface area contributed by atoms with Gasteiger partial charge in [0.15, 0.2) is 0 Å². The summed E-state index contributed by atoms with van der Waals surface area (Å²) in [4.78, 5) is 4.81. The van der Waals surface area contributed by atoms with Crippen LogP contribution >= 0.6 is 11.6 Å². The van der Waals surface area contributed by atoms with Crippen molar-refractivity contribution in [3.05, 3.63) is 41.4 Å². The van der Waals surface area contributed by atoms with Gasteiger partial charge in [0.05, 0.1) is 10.7 Å². The van der Waals surface area contributed by atoms with E-state index in [0.29, 0.717) is 0 Å². The van der Waals surface area contributed by atoms with Gasteiger partial charge in [-0.25, -0.2) is 0 Å². The summed E-state index contributed by atoms with van der Waals surface area (Å²) in [6, 6.07) is 8.07. The number of hydrogen-bond acceptors (Lipinski definition) is 3. The molecule has 0 amide bonds. The Morgan fingerprint density at radius 1 is 1.26 bits per heavy atom. The molecule has 1 N–H and O–H groups in total. The molecule has 1 saturated heterocycles. The molecular weight excluding hydrogens is 258 g/mol. The second-order valence-corrected chi connectivity index (χ2v) is 5.40. The van der Waals surface area contributed by atoms with Crippen LogP contribution in [-0.2, 0) is 0 Å². The largest absolute Gasteiger partial charge is 0.368 e. The van der Waals surface area contributed by atoms with Crippen molar-refractivity contribution in [3.63, 3.8) is 0 Å². The summed E-state index contributed by atoms with van der Waals surface area (Å²) in [6.07, 6.45) is 0. The third-order valence-corrected chi connectivity index (χ3v) is 3.76. The average Bonchev–Trinajstić information content (AvgIpc) is 2.41. The highest BCUT2D eigenvalue weighted by Gasteiger charge is 2.18. The topological polar surface area (TPSA) is 18.5 Å². The maximum atomic E-state index is 6.24. The molecule has 1 aliphatic heterocycles. The molecule has 19 heavy (non-hydrogen) atoms. The fraction of sp³-hybridized carbons (Fsp3) is 0.467. The van der Waals surface area contributed by atoms with Crippen molar-refractivity contribution < 1.29 is 0 Å². The number of para-hydroxylation sites is 1. The van der Waals surface area contributed by atoms with Crippen LogP contribution in [0.25, 0.3) is 0 Å². The highest BCUT2D eigenvalue weighted by molar-refractivity contribution is 6.33. The van der Waals surface area contributed by atoms with E-state index in [4.69, 9.17) is 11.6 Å². The Morgan fingerprint density at radius 2 is 1.95 bits per heavy atom. The Kier molecular flexibility index (Phi) is 5.25. The first-order valence-corrected chi connectivity index (χ1v) is 7.11. The monoisotopic (exact) mass is 279 g/mol. The minimum Gasteiger partial charge on any atom is -0.368 e. The summed E-state index contributed by atoms with van der Waals surface area (Å²) in [5.41, 5.74) is 2.39. The van der Waals surface area contributed by atoms with Gasteiger partial charge in [-0.3, -0.25) is 4.90 Å². The maximum absolute atomic E-state index is 6.24. The Bertz CT molecular complexity index is 425. The van der Waals surface area contributed by atoms with Gasteiger partial charge >= 0.3 is 0 Å². The minimum atomic E-state index is 0.843. The lowest BCUT2D eigenvalue weighted by Crippen LogP contribution is -2.47. The van der Waals surface area contributed by atoms with Crippen molar-refractivity contribution in [1.29, 1.82) is 0 Å². The fourth-order valence-corrected chi connectivity index (χ4v) is 2.73. The lowest BCUT2D eigenvalue weighted by molar-refractivity contribution is 0.277. The van der Waals surface area contributed by atoms with Crippen molar-refractivity contribution in [3.8, 4) is 0 Å². The molecule has 3 nitrogen and oxygen atoms in total. The van der Waals surface area contributed by atoms with Gasteiger partial charge in [-0.1, -0.05) is 30.3 Å². The molecule has 104 valence electrons. The summed E-state index contributed by atoms with van der Waals surface area (Å²) < 4.78 is 0. The van der Waals surface area contributed by atoms with Crippen molar-refractivity contribution >= 4 is 17.3 Å². The maximum Gasteiger partial charge on any atom is 0.0639 e. The summed E-state index contributed by atoms with van der Waals surface area (Å²) >= 11 is 6.24. The van der Waals surface area contributed by atoms with Gasteiger partial charge in [-0.15, -0.1) is 0 Å². The summed E-state index contributed by atoms with van der Waals surface area (Å²) in [7, 11) is 1.96. The number of nitrogens with one attached hydrogen (secondary N) is 1. The molecule has 1 aromatic carbocycles. The van der Waals surface area contributed by atoms with Crippen LogP contribution in [-0.4, -0.2) is 51.2 Å². The smallest absolute Gasteiger partial charge is 0.0639 e. The van der Waals surface area contributed by atoms with Crippen LogP contribution in [0.3, 0.4) is 0 Å². The van der Waals surface area contributed by atoms with Crippen molar-refractivity contribution in [1.82, 2.24) is 10.2 Å². The zero-order valence-electron chi connectivity index (χ0n) is 11.5. The number of rotatable bonds is 5. The number of hydrogen-bond donors (Lipinski definition) is 1. The Hall–Kier alpha value is -1.03. The molecule has 0 aliphatic carbocycles. The number of halogens is 1. The highest BCUT2D eigenvalue weighted by atomic mass is 35.5. The number of piperazine rings is 1. The van der Waals surface area contributed by atoms with Gasteiger partial charge in [0.1, 0.15) is 0 Å². The van der Waals surface area contributed by atoms with E-state index in [0.717, 1.165) is 50.0 Å². The van der Waals surface area contributed by atoms with Crippen LogP contribution in [0, 0.1) is 0 Å². The quantitative estimate of drug-likeness (QED) is 0.834. The lowest BCUT2D eigenvalue weighted by atomic mass is 10.2. The van der Waals surface area contributed by atoms with E-state index in [1.165, 1.54) is 5.57 Å². The molecule has 0 aromatic heterocycles. The zero-order chi connectivity index (χ0) is 13.7. The molecule has 1 aliphatic rings. The minimum absolute atomic E-state index is 0.843. The molecule has 0 bridgehead atoms. The van der Waals surface area contributed by atoms with Gasteiger partial charge in [0.2, 0.25) is 0 Å². The molecule has 0 atom stereocenters. The highest BCUT2D eigenvalue weighted by Crippen LogP contribution is 2.25. The van der Waals surface area contributed by atoms with E-state index >= 15 is 0 Å². The lowest BCUT2D eigenvalue weighted by Gasteiger charge is -2.36. The first-order chi connectivity index (χ1) is 9.20. The second-order valence-electron chi connectivity index (χ2n) is 4.99. The molecule has 4 heteroatoms. The van der Waals surface area contributed by atoms with E-state index in [-0.39, 0.29) is 0 Å². The Morgan fingerprint density at radius 3 is 2.58 bits per heavy atom. The SMILES string of the molecule is C=C(CNC)CN1CCN(c2ccccc2Cl)CC1. The number of likely N-dealkylation sites (N-methyl/N-ethyl adjacent to an activating group) is 1. The molecule has 1 heterocycles. The van der Waals surface area contributed by atoms with E-state index < -0.39 is 0 Å². The summed E-state index contributed by atoms with van der Waals surface area (Å²) in [5, 5.41) is 3.99. The molecule has 0 spiro atoms. The summed E-state index contributed by atoms with van der Waals surface area (Å²) in [6.45, 7) is 10.1. The molecular formula is C15H22ClN3. The molecule has 1 aromatic rings. The van der Waals surface area contributed by atoms with Crippen LogP contribution in [0.4, 0.5) is 5.69 Å². The standard InChI is InChI=1S/C15H22ClN3/c1-13(11-17-2)12-18-7-9-19(10-8-18)15-6-4-3-5-14(15)16/h3-6,17H,1,7-12H2,2H3. The molecule has 1 fully saturated rings. The molecule has 0 saturated carbocycles. The van der Waals surface area contributed by atoms with Crippen LogP contribution < -0.4 is 10.2 Å². The van der Waals surface area contributed by atoms with E-state index in [1.807, 2.05) is 25.2 Å². The third kappa shape index (κ3) is 3.96. The predicted molar refractivity (Wildman–Crippen MR) is 83.2 cm³/mol. The first-order valence-electron chi connectivity index (χ1n) is 6.74. The number of benzene rings is 1. The third-order valence-electron chi connectivity index (χ3n) is 3.44. The van der Waals surface area contributed by atoms with Crippen molar-refractivity contribution in [2.75, 3.05) is 51.2 Å². The van der Waals surface area contributed by atoms with Gasteiger partial charge in [-0.05, 0) is 24.8 Å². The molecule has 2 rings (SSSR count). The number of anilines is 1. The van der Waals surface area contributed by atoms with Crippen molar-refractivity contribution in [2.24, 2.45) is 0 Å². The van der Waals surface area contributed by atoms with Crippen LogP contribution in [0.5, 0.6) is 0 Å². The van der Waals surface area contributed by atoms with Crippen LogP contribution in [0.1, 0.15) is 0 Å². The van der Waals surface area contributed by atoms with E-state index in [2.05, 4.69) is 27.8 Å². The van der Waals surface area contributed by atoms with E-state index in [9.17, 15) is 0 Å². The Balaban J connectivity index is 1.86. The van der Waals surface area contributed by atoms with Gasteiger partial charge in [-0.2, -0.15) is 0 Å². The van der Waals surface area contributed by atoms with E-state index in [1.54, 1.807) is 0 Å². The normalized spacial score (nSPS) is 16.6. The van der Waals surface area contributed by atoms with Crippen molar-refractivity contribution in [2.45, 2.75) is 0 Å². The summed E-state index contributed by atoms with van der Waals surface area (Å²) in [5.74, 6) is 0. The van der Waals surface area contributed by atoms with Crippen LogP contribution in [0.15, 0.2) is 36.4 Å². The van der Waals surface area contributed by atoms with Gasteiger partial charge < -0.3 is 10.2 Å². The molecule has 0 radical (unpaired) electrons. The molecule has 0 unspecified atom stereocenters. The first kappa shape index (κ1) is 14.4. The Labute approximate surface area is 120 Å². The fourth-order valence-electron chi connectivity index (χ4n) is 2.48. The van der Waals surface area contributed by atoms with Crippen LogP contribution in [0.2, 0.25) is 5.02 Å². The van der Waals surface area contributed by atoms with Gasteiger partial charge in [0, 0.05) is 39.3 Å². The average molecular weight is 280 g/mol.